The average molecular weight is 272 g/mol. The molecule has 5 nitrogen and oxygen atoms in total. The number of carboxylic acid groups (broad SMARTS) is 1. The monoisotopic (exact) mass is 272 g/mol. The van der Waals surface area contributed by atoms with Crippen LogP contribution in [0.3, 0.4) is 0 Å². The van der Waals surface area contributed by atoms with E-state index in [1.54, 1.807) is 6.92 Å². The van der Waals surface area contributed by atoms with Gasteiger partial charge in [0, 0.05) is 18.6 Å². The maximum atomic E-state index is 11.5. The number of ether oxygens (including phenoxy) is 1. The third-order valence-electron chi connectivity index (χ3n) is 3.93. The Bertz CT molecular complexity index is 298. The molecule has 0 bridgehead atoms. The first-order chi connectivity index (χ1) is 8.90. The zero-order valence-electron chi connectivity index (χ0n) is 12.6. The average Bonchev–Trinajstić information content (AvgIpc) is 2.36. The summed E-state index contributed by atoms with van der Waals surface area (Å²) in [6.07, 6.45) is 1.54. The standard InChI is InChI=1S/C14H28N2O3/c1-5-6-15-14(4,13(17)18)9-11(2)16-7-8-19-10-12(16)3/h11-12,15H,5-10H2,1-4H3,(H,17,18). The van der Waals surface area contributed by atoms with Crippen molar-refractivity contribution < 1.29 is 14.6 Å². The summed E-state index contributed by atoms with van der Waals surface area (Å²) in [6, 6.07) is 0.581. The molecule has 0 aliphatic carbocycles. The van der Waals surface area contributed by atoms with Gasteiger partial charge in [0.25, 0.3) is 0 Å². The molecule has 1 saturated heterocycles. The van der Waals surface area contributed by atoms with Crippen LogP contribution in [-0.2, 0) is 9.53 Å². The van der Waals surface area contributed by atoms with Crippen molar-refractivity contribution in [3.05, 3.63) is 0 Å². The van der Waals surface area contributed by atoms with Crippen molar-refractivity contribution in [2.45, 2.75) is 58.2 Å². The van der Waals surface area contributed by atoms with E-state index >= 15 is 0 Å². The van der Waals surface area contributed by atoms with Crippen molar-refractivity contribution in [1.29, 1.82) is 0 Å². The molecule has 0 spiro atoms. The Labute approximate surface area is 116 Å². The highest BCUT2D eigenvalue weighted by Crippen LogP contribution is 2.20. The van der Waals surface area contributed by atoms with E-state index in [4.69, 9.17) is 4.74 Å². The highest BCUT2D eigenvalue weighted by atomic mass is 16.5. The lowest BCUT2D eigenvalue weighted by molar-refractivity contribution is -0.145. The Morgan fingerprint density at radius 3 is 2.84 bits per heavy atom. The number of aliphatic carboxylic acids is 1. The normalized spacial score (nSPS) is 25.8. The van der Waals surface area contributed by atoms with Gasteiger partial charge in [-0.05, 0) is 40.2 Å². The van der Waals surface area contributed by atoms with Crippen molar-refractivity contribution in [1.82, 2.24) is 10.2 Å². The Morgan fingerprint density at radius 2 is 2.32 bits per heavy atom. The van der Waals surface area contributed by atoms with Gasteiger partial charge in [0.05, 0.1) is 13.2 Å². The van der Waals surface area contributed by atoms with Crippen LogP contribution in [0, 0.1) is 0 Å². The molecule has 0 amide bonds. The molecule has 1 heterocycles. The number of nitrogens with one attached hydrogen (secondary N) is 1. The van der Waals surface area contributed by atoms with Crippen molar-refractivity contribution in [2.24, 2.45) is 0 Å². The minimum Gasteiger partial charge on any atom is -0.480 e. The van der Waals surface area contributed by atoms with E-state index in [1.807, 2.05) is 6.92 Å². The van der Waals surface area contributed by atoms with Crippen LogP contribution in [0.1, 0.15) is 40.5 Å². The van der Waals surface area contributed by atoms with Gasteiger partial charge in [-0.25, -0.2) is 0 Å². The highest BCUT2D eigenvalue weighted by Gasteiger charge is 2.36. The van der Waals surface area contributed by atoms with Gasteiger partial charge >= 0.3 is 5.97 Å². The fraction of sp³-hybridized carbons (Fsp3) is 0.929. The molecule has 2 N–H and O–H groups in total. The quantitative estimate of drug-likeness (QED) is 0.732. The summed E-state index contributed by atoms with van der Waals surface area (Å²) in [5.74, 6) is -0.770. The molecule has 0 radical (unpaired) electrons. The van der Waals surface area contributed by atoms with E-state index in [9.17, 15) is 9.90 Å². The SMILES string of the molecule is CCCNC(C)(CC(C)N1CCOCC1C)C(=O)O. The smallest absolute Gasteiger partial charge is 0.323 e. The van der Waals surface area contributed by atoms with Crippen molar-refractivity contribution in [3.8, 4) is 0 Å². The molecule has 5 heteroatoms. The second-order valence-corrected chi connectivity index (χ2v) is 5.78. The third-order valence-corrected chi connectivity index (χ3v) is 3.93. The van der Waals surface area contributed by atoms with Crippen LogP contribution in [0.4, 0.5) is 0 Å². The molecule has 1 aliphatic rings. The van der Waals surface area contributed by atoms with E-state index in [1.165, 1.54) is 0 Å². The third kappa shape index (κ3) is 4.44. The number of nitrogens with zero attached hydrogens (tertiary/aromatic N) is 1. The van der Waals surface area contributed by atoms with Crippen LogP contribution in [0.15, 0.2) is 0 Å². The van der Waals surface area contributed by atoms with Crippen LogP contribution in [0.25, 0.3) is 0 Å². The molecule has 3 unspecified atom stereocenters. The molecule has 3 atom stereocenters. The van der Waals surface area contributed by atoms with Gasteiger partial charge in [-0.2, -0.15) is 0 Å². The highest BCUT2D eigenvalue weighted by molar-refractivity contribution is 5.78. The van der Waals surface area contributed by atoms with Crippen molar-refractivity contribution in [3.63, 3.8) is 0 Å². The predicted molar refractivity (Wildman–Crippen MR) is 75.4 cm³/mol. The Hall–Kier alpha value is -0.650. The van der Waals surface area contributed by atoms with Gasteiger partial charge in [0.2, 0.25) is 0 Å². The molecule has 112 valence electrons. The lowest BCUT2D eigenvalue weighted by atomic mass is 9.92. The molecule has 0 saturated carbocycles. The lowest BCUT2D eigenvalue weighted by Gasteiger charge is -2.40. The lowest BCUT2D eigenvalue weighted by Crippen LogP contribution is -2.56. The van der Waals surface area contributed by atoms with Crippen LogP contribution in [0.5, 0.6) is 0 Å². The minimum absolute atomic E-state index is 0.226. The zero-order chi connectivity index (χ0) is 14.5. The summed E-state index contributed by atoms with van der Waals surface area (Å²) in [7, 11) is 0. The molecule has 19 heavy (non-hydrogen) atoms. The van der Waals surface area contributed by atoms with Crippen LogP contribution in [-0.4, -0.2) is 59.9 Å². The topological polar surface area (TPSA) is 61.8 Å². The molecule has 1 aliphatic heterocycles. The maximum absolute atomic E-state index is 11.5. The Morgan fingerprint density at radius 1 is 1.63 bits per heavy atom. The number of carbonyl (C=O) groups is 1. The van der Waals surface area contributed by atoms with E-state index in [-0.39, 0.29) is 6.04 Å². The number of rotatable bonds is 7. The minimum atomic E-state index is -0.854. The first-order valence-corrected chi connectivity index (χ1v) is 7.22. The van der Waals surface area contributed by atoms with Crippen molar-refractivity contribution >= 4 is 5.97 Å². The van der Waals surface area contributed by atoms with Gasteiger partial charge in [0.15, 0.2) is 0 Å². The summed E-state index contributed by atoms with van der Waals surface area (Å²) in [5, 5.41) is 12.6. The van der Waals surface area contributed by atoms with Crippen LogP contribution >= 0.6 is 0 Å². The van der Waals surface area contributed by atoms with Crippen LogP contribution < -0.4 is 5.32 Å². The second kappa shape index (κ2) is 7.22. The predicted octanol–water partition coefficient (Wildman–Crippen LogP) is 1.33. The van der Waals surface area contributed by atoms with Gasteiger partial charge in [-0.3, -0.25) is 9.69 Å². The molecule has 1 fully saturated rings. The molecular formula is C14H28N2O3. The van der Waals surface area contributed by atoms with Gasteiger partial charge in [0.1, 0.15) is 5.54 Å². The number of hydrogen-bond donors (Lipinski definition) is 2. The first-order valence-electron chi connectivity index (χ1n) is 7.22. The summed E-state index contributed by atoms with van der Waals surface area (Å²) in [4.78, 5) is 13.9. The zero-order valence-corrected chi connectivity index (χ0v) is 12.6. The largest absolute Gasteiger partial charge is 0.480 e. The number of hydrogen-bond acceptors (Lipinski definition) is 4. The molecule has 1 rings (SSSR count). The van der Waals surface area contributed by atoms with Gasteiger partial charge in [-0.1, -0.05) is 6.92 Å². The van der Waals surface area contributed by atoms with Gasteiger partial charge < -0.3 is 15.2 Å². The Balaban J connectivity index is 2.64. The van der Waals surface area contributed by atoms with E-state index in [2.05, 4.69) is 24.1 Å². The summed E-state index contributed by atoms with van der Waals surface area (Å²) >= 11 is 0. The summed E-state index contributed by atoms with van der Waals surface area (Å²) in [6.45, 7) is 11.1. The molecular weight excluding hydrogens is 244 g/mol. The van der Waals surface area contributed by atoms with Crippen molar-refractivity contribution in [2.75, 3.05) is 26.3 Å². The van der Waals surface area contributed by atoms with Crippen LogP contribution in [0.2, 0.25) is 0 Å². The number of carboxylic acids is 1. The second-order valence-electron chi connectivity index (χ2n) is 5.78. The molecule has 0 aromatic rings. The van der Waals surface area contributed by atoms with E-state index in [0.29, 0.717) is 12.5 Å². The fourth-order valence-corrected chi connectivity index (χ4v) is 2.74. The Kier molecular flexibility index (Phi) is 6.23. The maximum Gasteiger partial charge on any atom is 0.323 e. The first kappa shape index (κ1) is 16.4. The van der Waals surface area contributed by atoms with E-state index in [0.717, 1.165) is 32.7 Å². The summed E-state index contributed by atoms with van der Waals surface area (Å²) < 4.78 is 5.43. The van der Waals surface area contributed by atoms with E-state index < -0.39 is 11.5 Å². The number of morpholine rings is 1. The molecule has 0 aromatic carbocycles. The summed E-state index contributed by atoms with van der Waals surface area (Å²) in [5.41, 5.74) is -0.854. The van der Waals surface area contributed by atoms with Gasteiger partial charge in [-0.15, -0.1) is 0 Å². The fourth-order valence-electron chi connectivity index (χ4n) is 2.74. The molecule has 0 aromatic heterocycles.